The van der Waals surface area contributed by atoms with E-state index in [0.29, 0.717) is 12.1 Å². The zero-order valence-corrected chi connectivity index (χ0v) is 12.9. The largest absolute Gasteiger partial charge is 0.394 e. The molecule has 6 nitrogen and oxygen atoms in total. The van der Waals surface area contributed by atoms with Gasteiger partial charge in [0.2, 0.25) is 0 Å². The number of rotatable bonds is 2. The molecule has 2 heterocycles. The zero-order chi connectivity index (χ0) is 15.8. The van der Waals surface area contributed by atoms with E-state index in [2.05, 4.69) is 4.98 Å². The van der Waals surface area contributed by atoms with Gasteiger partial charge >= 0.3 is 0 Å². The van der Waals surface area contributed by atoms with Crippen LogP contribution in [0.4, 0.5) is 0 Å². The molecular weight excluding hydrogens is 272 g/mol. The van der Waals surface area contributed by atoms with Gasteiger partial charge in [-0.05, 0) is 39.3 Å². The Morgan fingerprint density at radius 2 is 2.19 bits per heavy atom. The van der Waals surface area contributed by atoms with Crippen molar-refractivity contribution in [2.75, 3.05) is 19.7 Å². The summed E-state index contributed by atoms with van der Waals surface area (Å²) in [5.41, 5.74) is 0.625. The number of hydrogen-bond donors (Lipinski definition) is 2. The maximum absolute atomic E-state index is 12.7. The SMILES string of the molecule is Cc1cc(C)c(C(=O)N2CC(CO)OC(C)(C)C2)c(=O)[nH]1. The molecular formula is C15H22N2O4. The third-order valence-corrected chi connectivity index (χ3v) is 3.55. The second kappa shape index (κ2) is 5.61. The van der Waals surface area contributed by atoms with E-state index in [-0.39, 0.29) is 30.2 Å². The summed E-state index contributed by atoms with van der Waals surface area (Å²) in [6.07, 6.45) is -0.428. The molecule has 0 aromatic carbocycles. The molecule has 1 amide bonds. The smallest absolute Gasteiger partial charge is 0.261 e. The van der Waals surface area contributed by atoms with Crippen LogP contribution in [0.5, 0.6) is 0 Å². The number of morpholine rings is 1. The molecule has 0 radical (unpaired) electrons. The Morgan fingerprint density at radius 1 is 1.52 bits per heavy atom. The molecule has 1 aromatic heterocycles. The van der Waals surface area contributed by atoms with Crippen LogP contribution in [0.25, 0.3) is 0 Å². The first-order chi connectivity index (χ1) is 9.73. The van der Waals surface area contributed by atoms with Crippen molar-refractivity contribution in [3.8, 4) is 0 Å². The molecule has 0 spiro atoms. The van der Waals surface area contributed by atoms with Gasteiger partial charge in [0.25, 0.3) is 11.5 Å². The Hall–Kier alpha value is -1.66. The third kappa shape index (κ3) is 3.33. The fourth-order valence-electron chi connectivity index (χ4n) is 2.82. The predicted octanol–water partition coefficient (Wildman–Crippen LogP) is 0.604. The Morgan fingerprint density at radius 3 is 2.76 bits per heavy atom. The lowest BCUT2D eigenvalue weighted by atomic mass is 10.0. The first kappa shape index (κ1) is 15.7. The average Bonchev–Trinajstić information content (AvgIpc) is 2.35. The van der Waals surface area contributed by atoms with Gasteiger partial charge in [0, 0.05) is 18.8 Å². The van der Waals surface area contributed by atoms with Gasteiger partial charge < -0.3 is 19.7 Å². The van der Waals surface area contributed by atoms with Crippen molar-refractivity contribution in [1.82, 2.24) is 9.88 Å². The standard InChI is InChI=1S/C15H22N2O4/c1-9-5-10(2)16-13(19)12(9)14(20)17-6-11(7-18)21-15(3,4)8-17/h5,11,18H,6-8H2,1-4H3,(H,16,19). The van der Waals surface area contributed by atoms with Crippen LogP contribution in [0.1, 0.15) is 35.5 Å². The van der Waals surface area contributed by atoms with Crippen molar-refractivity contribution in [2.24, 2.45) is 0 Å². The van der Waals surface area contributed by atoms with Crippen molar-refractivity contribution in [3.63, 3.8) is 0 Å². The summed E-state index contributed by atoms with van der Waals surface area (Å²) in [6.45, 7) is 7.77. The molecule has 1 aliphatic heterocycles. The molecule has 116 valence electrons. The van der Waals surface area contributed by atoms with E-state index in [0.717, 1.165) is 5.69 Å². The number of aromatic nitrogens is 1. The van der Waals surface area contributed by atoms with Crippen LogP contribution in [0, 0.1) is 13.8 Å². The Labute approximate surface area is 123 Å². The van der Waals surface area contributed by atoms with E-state index < -0.39 is 11.7 Å². The van der Waals surface area contributed by atoms with Crippen molar-refractivity contribution >= 4 is 5.91 Å². The van der Waals surface area contributed by atoms with Crippen molar-refractivity contribution in [1.29, 1.82) is 0 Å². The number of aryl methyl sites for hydroxylation is 2. The van der Waals surface area contributed by atoms with Crippen molar-refractivity contribution in [2.45, 2.75) is 39.4 Å². The highest BCUT2D eigenvalue weighted by Crippen LogP contribution is 2.22. The highest BCUT2D eigenvalue weighted by molar-refractivity contribution is 5.95. The number of H-pyrrole nitrogens is 1. The molecule has 21 heavy (non-hydrogen) atoms. The lowest BCUT2D eigenvalue weighted by Crippen LogP contribution is -2.56. The van der Waals surface area contributed by atoms with Gasteiger partial charge in [0.1, 0.15) is 5.56 Å². The monoisotopic (exact) mass is 294 g/mol. The highest BCUT2D eigenvalue weighted by Gasteiger charge is 2.36. The van der Waals surface area contributed by atoms with Gasteiger partial charge in [-0.3, -0.25) is 9.59 Å². The second-order valence-electron chi connectivity index (χ2n) is 6.21. The Bertz CT molecular complexity index is 606. The molecule has 2 rings (SSSR count). The summed E-state index contributed by atoms with van der Waals surface area (Å²) in [5, 5.41) is 9.31. The number of aliphatic hydroxyl groups excluding tert-OH is 1. The van der Waals surface area contributed by atoms with Gasteiger partial charge in [-0.2, -0.15) is 0 Å². The summed E-state index contributed by atoms with van der Waals surface area (Å²) in [6, 6.07) is 1.78. The summed E-state index contributed by atoms with van der Waals surface area (Å²) in [7, 11) is 0. The average molecular weight is 294 g/mol. The maximum atomic E-state index is 12.7. The van der Waals surface area contributed by atoms with E-state index in [1.54, 1.807) is 24.8 Å². The van der Waals surface area contributed by atoms with Gasteiger partial charge in [0.15, 0.2) is 0 Å². The van der Waals surface area contributed by atoms with E-state index in [9.17, 15) is 14.7 Å². The fourth-order valence-corrected chi connectivity index (χ4v) is 2.82. The minimum atomic E-state index is -0.549. The summed E-state index contributed by atoms with van der Waals surface area (Å²) in [4.78, 5) is 29.0. The molecule has 1 aromatic rings. The quantitative estimate of drug-likeness (QED) is 0.837. The maximum Gasteiger partial charge on any atom is 0.261 e. The third-order valence-electron chi connectivity index (χ3n) is 3.55. The molecule has 1 saturated heterocycles. The zero-order valence-electron chi connectivity index (χ0n) is 12.9. The first-order valence-electron chi connectivity index (χ1n) is 7.02. The second-order valence-corrected chi connectivity index (χ2v) is 6.21. The van der Waals surface area contributed by atoms with Crippen LogP contribution in [0.15, 0.2) is 10.9 Å². The van der Waals surface area contributed by atoms with Gasteiger partial charge in [-0.1, -0.05) is 0 Å². The number of nitrogens with zero attached hydrogens (tertiary/aromatic N) is 1. The van der Waals surface area contributed by atoms with Crippen LogP contribution in [-0.2, 0) is 4.74 Å². The number of pyridine rings is 1. The lowest BCUT2D eigenvalue weighted by Gasteiger charge is -2.42. The summed E-state index contributed by atoms with van der Waals surface area (Å²) < 4.78 is 5.69. The van der Waals surface area contributed by atoms with Gasteiger partial charge in [-0.15, -0.1) is 0 Å². The number of ether oxygens (including phenoxy) is 1. The topological polar surface area (TPSA) is 82.6 Å². The van der Waals surface area contributed by atoms with Crippen LogP contribution >= 0.6 is 0 Å². The molecule has 1 fully saturated rings. The minimum Gasteiger partial charge on any atom is -0.394 e. The molecule has 1 aliphatic rings. The van der Waals surface area contributed by atoms with Crippen molar-refractivity contribution < 1.29 is 14.6 Å². The molecule has 0 saturated carbocycles. The van der Waals surface area contributed by atoms with Gasteiger partial charge in [0.05, 0.1) is 18.3 Å². The van der Waals surface area contributed by atoms with Crippen LogP contribution in [-0.4, -0.2) is 52.3 Å². The summed E-state index contributed by atoms with van der Waals surface area (Å²) >= 11 is 0. The van der Waals surface area contributed by atoms with E-state index >= 15 is 0 Å². The highest BCUT2D eigenvalue weighted by atomic mass is 16.5. The predicted molar refractivity (Wildman–Crippen MR) is 78.5 cm³/mol. The molecule has 0 bridgehead atoms. The normalized spacial score (nSPS) is 21.4. The molecule has 2 N–H and O–H groups in total. The number of carbonyl (C=O) groups is 1. The Kier molecular flexibility index (Phi) is 4.20. The molecule has 0 aliphatic carbocycles. The van der Waals surface area contributed by atoms with E-state index in [1.807, 2.05) is 13.8 Å². The fraction of sp³-hybridized carbons (Fsp3) is 0.600. The molecule has 6 heteroatoms. The number of aromatic amines is 1. The molecule has 1 atom stereocenters. The minimum absolute atomic E-state index is 0.156. The van der Waals surface area contributed by atoms with Crippen LogP contribution in [0.3, 0.4) is 0 Å². The summed E-state index contributed by atoms with van der Waals surface area (Å²) in [5.74, 6) is -0.316. The van der Waals surface area contributed by atoms with E-state index in [1.165, 1.54) is 0 Å². The lowest BCUT2D eigenvalue weighted by molar-refractivity contribution is -0.139. The molecule has 1 unspecified atom stereocenters. The first-order valence-corrected chi connectivity index (χ1v) is 7.02. The number of hydrogen-bond acceptors (Lipinski definition) is 4. The number of amides is 1. The number of aliphatic hydroxyl groups is 1. The number of carbonyl (C=O) groups excluding carboxylic acids is 1. The van der Waals surface area contributed by atoms with Crippen LogP contribution in [0.2, 0.25) is 0 Å². The van der Waals surface area contributed by atoms with Crippen LogP contribution < -0.4 is 5.56 Å². The van der Waals surface area contributed by atoms with E-state index in [4.69, 9.17) is 4.74 Å². The number of nitrogens with one attached hydrogen (secondary N) is 1. The van der Waals surface area contributed by atoms with Crippen molar-refractivity contribution in [3.05, 3.63) is 33.2 Å². The Balaban J connectivity index is 2.34. The van der Waals surface area contributed by atoms with Gasteiger partial charge in [-0.25, -0.2) is 0 Å².